The van der Waals surface area contributed by atoms with E-state index in [-0.39, 0.29) is 25.3 Å². The summed E-state index contributed by atoms with van der Waals surface area (Å²) in [5.74, 6) is -1.61. The number of aliphatic hydroxyl groups is 1. The molecule has 0 spiro atoms. The molecule has 3 aromatic rings. The maximum absolute atomic E-state index is 13.7. The molecule has 0 unspecified atom stereocenters. The first-order chi connectivity index (χ1) is 16.9. The third kappa shape index (κ3) is 9.18. The Kier molecular flexibility index (Phi) is 10.3. The Hall–Kier alpha value is -3.17. The molecule has 3 N–H and O–H groups in total. The van der Waals surface area contributed by atoms with Crippen molar-refractivity contribution in [1.29, 1.82) is 0 Å². The van der Waals surface area contributed by atoms with E-state index in [0.717, 1.165) is 24.5 Å². The van der Waals surface area contributed by atoms with Crippen LogP contribution in [-0.2, 0) is 30.7 Å². The van der Waals surface area contributed by atoms with Crippen LogP contribution in [0.25, 0.3) is 0 Å². The fourth-order valence-corrected chi connectivity index (χ4v) is 3.92. The van der Waals surface area contributed by atoms with Gasteiger partial charge in [0.15, 0.2) is 0 Å². The minimum absolute atomic E-state index is 0.105. The number of unbranched alkanes of at least 4 members (excludes halogenated alkanes) is 1. The van der Waals surface area contributed by atoms with Crippen molar-refractivity contribution < 1.29 is 18.7 Å². The van der Waals surface area contributed by atoms with Crippen molar-refractivity contribution in [1.82, 2.24) is 25.4 Å². The number of benzene rings is 2. The van der Waals surface area contributed by atoms with Crippen LogP contribution in [0.4, 0.5) is 8.78 Å². The van der Waals surface area contributed by atoms with Crippen molar-refractivity contribution in [2.75, 3.05) is 6.54 Å². The molecule has 1 aromatic heterocycles. The summed E-state index contributed by atoms with van der Waals surface area (Å²) in [5, 5.41) is 21.0. The zero-order valence-electron chi connectivity index (χ0n) is 20.0. The van der Waals surface area contributed by atoms with Gasteiger partial charge in [-0.15, -0.1) is 0 Å². The Morgan fingerprint density at radius 3 is 2.57 bits per heavy atom. The molecule has 2 aromatic carbocycles. The summed E-state index contributed by atoms with van der Waals surface area (Å²) in [6.45, 7) is 3.52. The number of hydrogen-bond donors (Lipinski definition) is 3. The summed E-state index contributed by atoms with van der Waals surface area (Å²) in [7, 11) is 0. The van der Waals surface area contributed by atoms with Gasteiger partial charge in [0.1, 0.15) is 24.3 Å². The summed E-state index contributed by atoms with van der Waals surface area (Å²) in [6, 6.07) is 10.7. The highest BCUT2D eigenvalue weighted by molar-refractivity contribution is 5.76. The second-order valence-corrected chi connectivity index (χ2v) is 8.64. The van der Waals surface area contributed by atoms with Gasteiger partial charge in [-0.05, 0) is 54.5 Å². The van der Waals surface area contributed by atoms with Crippen molar-refractivity contribution in [2.45, 2.75) is 64.3 Å². The lowest BCUT2D eigenvalue weighted by atomic mass is 10.00. The van der Waals surface area contributed by atoms with Gasteiger partial charge in [-0.1, -0.05) is 31.2 Å². The van der Waals surface area contributed by atoms with Crippen molar-refractivity contribution in [2.24, 2.45) is 0 Å². The molecular formula is C26H33F2N5O2. The maximum Gasteiger partial charge on any atom is 0.220 e. The Morgan fingerprint density at radius 1 is 1.09 bits per heavy atom. The average molecular weight is 486 g/mol. The van der Waals surface area contributed by atoms with E-state index in [4.69, 9.17) is 0 Å². The summed E-state index contributed by atoms with van der Waals surface area (Å²) >= 11 is 0. The van der Waals surface area contributed by atoms with E-state index in [1.807, 2.05) is 12.1 Å². The van der Waals surface area contributed by atoms with Crippen molar-refractivity contribution in [3.8, 4) is 0 Å². The summed E-state index contributed by atoms with van der Waals surface area (Å²) < 4.78 is 29.1. The smallest absolute Gasteiger partial charge is 0.220 e. The summed E-state index contributed by atoms with van der Waals surface area (Å²) in [6.07, 6.45) is 4.83. The summed E-state index contributed by atoms with van der Waals surface area (Å²) in [4.78, 5) is 16.5. The molecule has 0 aliphatic rings. The molecule has 188 valence electrons. The number of rotatable bonds is 14. The number of carbonyl (C=O) groups excluding carboxylic acids is 1. The van der Waals surface area contributed by atoms with Crippen LogP contribution >= 0.6 is 0 Å². The van der Waals surface area contributed by atoms with Gasteiger partial charge in [0.25, 0.3) is 0 Å². The van der Waals surface area contributed by atoms with Crippen LogP contribution in [0.5, 0.6) is 0 Å². The van der Waals surface area contributed by atoms with Crippen LogP contribution in [0.2, 0.25) is 0 Å². The fraction of sp³-hybridized carbons (Fsp3) is 0.423. The Labute approximate surface area is 204 Å². The van der Waals surface area contributed by atoms with Crippen LogP contribution in [0, 0.1) is 11.6 Å². The SMILES string of the molecule is CCc1cccc(CNC[C@@H](O)[C@H](Cc2cc(F)cc(F)c2)NC(=O)CCCCn2cncn2)c1. The average Bonchev–Trinajstić information content (AvgIpc) is 3.34. The highest BCUT2D eigenvalue weighted by Gasteiger charge is 2.22. The number of hydrogen-bond acceptors (Lipinski definition) is 5. The highest BCUT2D eigenvalue weighted by Crippen LogP contribution is 2.13. The van der Waals surface area contributed by atoms with Crippen molar-refractivity contribution in [3.05, 3.63) is 83.4 Å². The topological polar surface area (TPSA) is 92.1 Å². The Balaban J connectivity index is 1.55. The quantitative estimate of drug-likeness (QED) is 0.305. The molecular weight excluding hydrogens is 452 g/mol. The molecule has 0 saturated carbocycles. The molecule has 35 heavy (non-hydrogen) atoms. The molecule has 2 atom stereocenters. The zero-order chi connectivity index (χ0) is 25.0. The second kappa shape index (κ2) is 13.7. The van der Waals surface area contributed by atoms with Gasteiger partial charge < -0.3 is 15.7 Å². The van der Waals surface area contributed by atoms with E-state index >= 15 is 0 Å². The Morgan fingerprint density at radius 2 is 1.86 bits per heavy atom. The Bertz CT molecular complexity index is 1040. The molecule has 0 fully saturated rings. The van der Waals surface area contributed by atoms with E-state index in [9.17, 15) is 18.7 Å². The molecule has 3 rings (SSSR count). The van der Waals surface area contributed by atoms with E-state index in [1.165, 1.54) is 24.0 Å². The predicted octanol–water partition coefficient (Wildman–Crippen LogP) is 3.17. The highest BCUT2D eigenvalue weighted by atomic mass is 19.1. The van der Waals surface area contributed by atoms with Gasteiger partial charge in [-0.2, -0.15) is 5.10 Å². The largest absolute Gasteiger partial charge is 0.390 e. The third-order valence-corrected chi connectivity index (χ3v) is 5.78. The lowest BCUT2D eigenvalue weighted by Gasteiger charge is -2.25. The van der Waals surface area contributed by atoms with Gasteiger partial charge in [0.2, 0.25) is 5.91 Å². The number of aliphatic hydroxyl groups excluding tert-OH is 1. The molecule has 0 aliphatic carbocycles. The minimum Gasteiger partial charge on any atom is -0.390 e. The molecule has 1 heterocycles. The molecule has 0 saturated heterocycles. The standard InChI is InChI=1S/C26H33F2N5O2/c1-2-19-6-5-7-20(10-19)15-29-16-25(34)24(13-21-11-22(27)14-23(28)12-21)32-26(35)8-3-4-9-33-18-30-17-31-33/h5-7,10-12,14,17-18,24-25,29,34H,2-4,8-9,13,15-16H2,1H3,(H,32,35)/t24-,25+/m0/s1. The van der Waals surface area contributed by atoms with Crippen molar-refractivity contribution in [3.63, 3.8) is 0 Å². The predicted molar refractivity (Wildman–Crippen MR) is 129 cm³/mol. The normalized spacial score (nSPS) is 12.9. The molecule has 0 radical (unpaired) electrons. The lowest BCUT2D eigenvalue weighted by Crippen LogP contribution is -2.48. The van der Waals surface area contributed by atoms with Crippen molar-refractivity contribution >= 4 is 5.91 Å². The van der Waals surface area contributed by atoms with Crippen LogP contribution in [0.3, 0.4) is 0 Å². The van der Waals surface area contributed by atoms with Gasteiger partial charge in [-0.25, -0.2) is 13.8 Å². The molecule has 9 heteroatoms. The van der Waals surface area contributed by atoms with E-state index in [0.29, 0.717) is 25.1 Å². The number of aryl methyl sites for hydroxylation is 2. The van der Waals surface area contributed by atoms with Crippen LogP contribution < -0.4 is 10.6 Å². The number of carbonyl (C=O) groups is 1. The zero-order valence-corrected chi connectivity index (χ0v) is 20.0. The van der Waals surface area contributed by atoms with E-state index in [2.05, 4.69) is 39.8 Å². The summed E-state index contributed by atoms with van der Waals surface area (Å²) in [5.41, 5.74) is 2.69. The fourth-order valence-electron chi connectivity index (χ4n) is 3.92. The van der Waals surface area contributed by atoms with E-state index < -0.39 is 23.8 Å². The number of nitrogens with zero attached hydrogens (tertiary/aromatic N) is 3. The number of halogens is 2. The first-order valence-corrected chi connectivity index (χ1v) is 12.0. The monoisotopic (exact) mass is 485 g/mol. The molecule has 0 aliphatic heterocycles. The van der Waals surface area contributed by atoms with Crippen LogP contribution in [-0.4, -0.2) is 44.5 Å². The first kappa shape index (κ1) is 26.4. The number of aromatic nitrogens is 3. The van der Waals surface area contributed by atoms with Gasteiger partial charge in [-0.3, -0.25) is 9.48 Å². The third-order valence-electron chi connectivity index (χ3n) is 5.78. The van der Waals surface area contributed by atoms with Gasteiger partial charge in [0, 0.05) is 32.1 Å². The van der Waals surface area contributed by atoms with Crippen LogP contribution in [0.15, 0.2) is 55.1 Å². The molecule has 7 nitrogen and oxygen atoms in total. The first-order valence-electron chi connectivity index (χ1n) is 12.0. The van der Waals surface area contributed by atoms with Gasteiger partial charge >= 0.3 is 0 Å². The lowest BCUT2D eigenvalue weighted by molar-refractivity contribution is -0.122. The van der Waals surface area contributed by atoms with Gasteiger partial charge in [0.05, 0.1) is 12.1 Å². The maximum atomic E-state index is 13.7. The number of nitrogens with one attached hydrogen (secondary N) is 2. The van der Waals surface area contributed by atoms with Crippen LogP contribution in [0.1, 0.15) is 42.9 Å². The minimum atomic E-state index is -0.949. The number of amides is 1. The van der Waals surface area contributed by atoms with E-state index in [1.54, 1.807) is 11.0 Å². The second-order valence-electron chi connectivity index (χ2n) is 8.64. The molecule has 1 amide bonds. The molecule has 0 bridgehead atoms.